The van der Waals surface area contributed by atoms with Gasteiger partial charge in [-0.25, -0.2) is 0 Å². The normalized spacial score (nSPS) is 18.3. The summed E-state index contributed by atoms with van der Waals surface area (Å²) in [7, 11) is 4.17. The SMILES string of the molecule is CN(C)[C](=[Cr])C1=CCCCC1. The summed E-state index contributed by atoms with van der Waals surface area (Å²) in [4.78, 5) is 2.15. The topological polar surface area (TPSA) is 3.24 Å². The molecule has 0 atom stereocenters. The number of nitrogens with zero attached hydrogens (tertiary/aromatic N) is 1. The minimum absolute atomic E-state index is 1.25. The Morgan fingerprint density at radius 1 is 1.45 bits per heavy atom. The molecular formula is C9H15CrN. The Kier molecular flexibility index (Phi) is 3.52. The number of hydrogen-bond acceptors (Lipinski definition) is 1. The van der Waals surface area contributed by atoms with E-state index < -0.39 is 0 Å². The second kappa shape index (κ2) is 4.21. The van der Waals surface area contributed by atoms with Crippen LogP contribution in [0.4, 0.5) is 0 Å². The molecule has 1 aliphatic carbocycles. The van der Waals surface area contributed by atoms with Crippen molar-refractivity contribution in [3.63, 3.8) is 0 Å². The van der Waals surface area contributed by atoms with Gasteiger partial charge in [-0.05, 0) is 0 Å². The van der Waals surface area contributed by atoms with E-state index in [1.165, 1.54) is 35.8 Å². The number of rotatable bonds is 2. The Labute approximate surface area is 77.0 Å². The molecule has 1 rings (SSSR count). The van der Waals surface area contributed by atoms with Crippen molar-refractivity contribution < 1.29 is 15.9 Å². The minimum atomic E-state index is 1.25. The van der Waals surface area contributed by atoms with E-state index in [1.807, 2.05) is 0 Å². The van der Waals surface area contributed by atoms with Crippen molar-refractivity contribution in [2.45, 2.75) is 25.7 Å². The van der Waals surface area contributed by atoms with Crippen molar-refractivity contribution in [1.29, 1.82) is 0 Å². The third-order valence-corrected chi connectivity index (χ3v) is 2.95. The van der Waals surface area contributed by atoms with Crippen molar-refractivity contribution in [3.8, 4) is 0 Å². The summed E-state index contributed by atoms with van der Waals surface area (Å²) in [5.41, 5.74) is 1.50. The van der Waals surface area contributed by atoms with E-state index >= 15 is 0 Å². The number of hydrogen-bond donors (Lipinski definition) is 0. The first-order valence-corrected chi connectivity index (χ1v) is 4.76. The standard InChI is InChI=1S/C9H15N.Cr/c1-10(2)8-9-6-4-3-5-7-9;/h6H,3-5,7H2,1-2H3;. The van der Waals surface area contributed by atoms with Gasteiger partial charge in [-0.15, -0.1) is 0 Å². The second-order valence-corrected chi connectivity index (χ2v) is 3.78. The fourth-order valence-corrected chi connectivity index (χ4v) is 1.61. The quantitative estimate of drug-likeness (QED) is 0.639. The summed E-state index contributed by atoms with van der Waals surface area (Å²) in [6, 6.07) is 0. The van der Waals surface area contributed by atoms with E-state index in [0.717, 1.165) is 0 Å². The first-order valence-electron chi connectivity index (χ1n) is 4.12. The van der Waals surface area contributed by atoms with Gasteiger partial charge in [-0.3, -0.25) is 0 Å². The zero-order valence-electron chi connectivity index (χ0n) is 7.26. The van der Waals surface area contributed by atoms with Crippen molar-refractivity contribution in [2.75, 3.05) is 14.1 Å². The molecule has 0 aromatic carbocycles. The van der Waals surface area contributed by atoms with Crippen LogP contribution in [-0.4, -0.2) is 23.5 Å². The van der Waals surface area contributed by atoms with Crippen LogP contribution in [0, 0.1) is 0 Å². The molecular weight excluding hydrogens is 174 g/mol. The van der Waals surface area contributed by atoms with E-state index in [4.69, 9.17) is 0 Å². The molecule has 0 aliphatic heterocycles. The molecule has 0 fully saturated rings. The summed E-state index contributed by atoms with van der Waals surface area (Å²) in [6.07, 6.45) is 7.58. The van der Waals surface area contributed by atoms with Gasteiger partial charge in [0.15, 0.2) is 0 Å². The molecule has 0 N–H and O–H groups in total. The average molecular weight is 189 g/mol. The van der Waals surface area contributed by atoms with Crippen LogP contribution in [0.2, 0.25) is 0 Å². The maximum absolute atomic E-state index is 3.12. The number of allylic oxidation sites excluding steroid dienone is 1. The Morgan fingerprint density at radius 2 is 2.18 bits per heavy atom. The van der Waals surface area contributed by atoms with Crippen LogP contribution in [0.25, 0.3) is 0 Å². The molecule has 0 bridgehead atoms. The molecule has 0 amide bonds. The van der Waals surface area contributed by atoms with Gasteiger partial charge in [-0.1, -0.05) is 0 Å². The van der Waals surface area contributed by atoms with Crippen LogP contribution in [0.5, 0.6) is 0 Å². The Morgan fingerprint density at radius 3 is 2.64 bits per heavy atom. The molecule has 0 aromatic rings. The van der Waals surface area contributed by atoms with E-state index in [0.29, 0.717) is 0 Å². The molecule has 62 valence electrons. The molecule has 11 heavy (non-hydrogen) atoms. The van der Waals surface area contributed by atoms with Gasteiger partial charge >= 0.3 is 76.7 Å². The van der Waals surface area contributed by atoms with Crippen molar-refractivity contribution >= 4 is 4.50 Å². The third-order valence-electron chi connectivity index (χ3n) is 1.97. The molecule has 0 aromatic heterocycles. The Balaban J connectivity index is 2.58. The zero-order valence-corrected chi connectivity index (χ0v) is 8.54. The van der Waals surface area contributed by atoms with Crippen LogP contribution in [0.1, 0.15) is 25.7 Å². The molecule has 0 spiro atoms. The van der Waals surface area contributed by atoms with E-state index in [1.54, 1.807) is 0 Å². The Bertz CT molecular complexity index is 182. The zero-order chi connectivity index (χ0) is 8.27. The van der Waals surface area contributed by atoms with Gasteiger partial charge < -0.3 is 0 Å². The first-order chi connectivity index (χ1) is 5.22. The van der Waals surface area contributed by atoms with Gasteiger partial charge in [-0.2, -0.15) is 0 Å². The van der Waals surface area contributed by atoms with E-state index in [2.05, 4.69) is 40.9 Å². The van der Waals surface area contributed by atoms with Gasteiger partial charge in [0, 0.05) is 0 Å². The van der Waals surface area contributed by atoms with Crippen LogP contribution in [0.15, 0.2) is 11.6 Å². The van der Waals surface area contributed by atoms with Crippen LogP contribution >= 0.6 is 0 Å². The summed E-state index contributed by atoms with van der Waals surface area (Å²) >= 11 is 3.12. The van der Waals surface area contributed by atoms with Gasteiger partial charge in [0.2, 0.25) is 0 Å². The van der Waals surface area contributed by atoms with E-state index in [-0.39, 0.29) is 0 Å². The van der Waals surface area contributed by atoms with Crippen molar-refractivity contribution in [1.82, 2.24) is 4.90 Å². The van der Waals surface area contributed by atoms with Crippen LogP contribution in [0.3, 0.4) is 0 Å². The van der Waals surface area contributed by atoms with Crippen LogP contribution < -0.4 is 0 Å². The molecule has 0 saturated carbocycles. The van der Waals surface area contributed by atoms with Gasteiger partial charge in [0.25, 0.3) is 0 Å². The fraction of sp³-hybridized carbons (Fsp3) is 0.667. The first kappa shape index (κ1) is 9.19. The van der Waals surface area contributed by atoms with Gasteiger partial charge in [0.1, 0.15) is 0 Å². The summed E-state index contributed by atoms with van der Waals surface area (Å²) < 4.78 is 1.31. The molecule has 0 heterocycles. The van der Waals surface area contributed by atoms with Crippen molar-refractivity contribution in [3.05, 3.63) is 11.6 Å². The molecule has 0 radical (unpaired) electrons. The van der Waals surface area contributed by atoms with E-state index in [9.17, 15) is 0 Å². The Hall–Kier alpha value is 0.102. The third kappa shape index (κ3) is 2.56. The average Bonchev–Trinajstić information content (AvgIpc) is 2.05. The molecule has 1 nitrogen and oxygen atoms in total. The predicted octanol–water partition coefficient (Wildman–Crippen LogP) is 1.73. The van der Waals surface area contributed by atoms with Crippen molar-refractivity contribution in [2.24, 2.45) is 0 Å². The molecule has 0 unspecified atom stereocenters. The number of likely N-dealkylation sites (N-methyl/N-ethyl adjacent to an activating group) is 1. The summed E-state index contributed by atoms with van der Waals surface area (Å²) in [5.74, 6) is 0. The van der Waals surface area contributed by atoms with Gasteiger partial charge in [0.05, 0.1) is 0 Å². The monoisotopic (exact) mass is 189 g/mol. The summed E-state index contributed by atoms with van der Waals surface area (Å²) in [5, 5.41) is 0. The molecule has 1 aliphatic rings. The van der Waals surface area contributed by atoms with Crippen LogP contribution in [-0.2, 0) is 15.9 Å². The second-order valence-electron chi connectivity index (χ2n) is 3.17. The fourth-order valence-electron chi connectivity index (χ4n) is 1.32. The summed E-state index contributed by atoms with van der Waals surface area (Å²) in [6.45, 7) is 0. The predicted molar refractivity (Wildman–Crippen MR) is 45.2 cm³/mol. The maximum atomic E-state index is 3.12. The molecule has 2 heteroatoms. The molecule has 0 saturated heterocycles.